The van der Waals surface area contributed by atoms with Crippen molar-refractivity contribution in [3.05, 3.63) is 0 Å². The van der Waals surface area contributed by atoms with E-state index in [1.165, 1.54) is 11.4 Å². The van der Waals surface area contributed by atoms with Gasteiger partial charge in [-0.05, 0) is 25.7 Å². The molecule has 0 radical (unpaired) electrons. The van der Waals surface area contributed by atoms with Crippen molar-refractivity contribution in [2.24, 2.45) is 5.92 Å². The summed E-state index contributed by atoms with van der Waals surface area (Å²) in [5.41, 5.74) is 0. The van der Waals surface area contributed by atoms with E-state index in [-0.39, 0.29) is 31.5 Å². The number of hydrogen-bond donors (Lipinski definition) is 1. The molecule has 1 atom stereocenters. The molecule has 21 heavy (non-hydrogen) atoms. The molecule has 120 valence electrons. The van der Waals surface area contributed by atoms with Crippen LogP contribution in [0.2, 0.25) is 0 Å². The fourth-order valence-corrected chi connectivity index (χ4v) is 4.75. The van der Waals surface area contributed by atoms with Gasteiger partial charge < -0.3 is 9.84 Å². The van der Waals surface area contributed by atoms with Gasteiger partial charge in [0.05, 0.1) is 13.0 Å². The normalized spacial score (nSPS) is 25.9. The van der Waals surface area contributed by atoms with Gasteiger partial charge >= 0.3 is 11.9 Å². The highest BCUT2D eigenvalue weighted by molar-refractivity contribution is 7.86. The number of carbonyl (C=O) groups is 2. The first kappa shape index (κ1) is 16.2. The number of carboxylic acid groups (broad SMARTS) is 1. The SMILES string of the molecule is COC(=O)C1CCN(S(=O)(=O)N2CCC[C@@H]2C(=O)O)CC1. The second kappa shape index (κ2) is 6.29. The van der Waals surface area contributed by atoms with Gasteiger partial charge in [-0.15, -0.1) is 0 Å². The van der Waals surface area contributed by atoms with E-state index in [0.29, 0.717) is 25.7 Å². The lowest BCUT2D eigenvalue weighted by molar-refractivity contribution is -0.146. The minimum atomic E-state index is -3.78. The molecule has 0 aliphatic carbocycles. The molecule has 8 nitrogen and oxygen atoms in total. The average Bonchev–Trinajstić information content (AvgIpc) is 2.97. The van der Waals surface area contributed by atoms with Crippen molar-refractivity contribution < 1.29 is 27.9 Å². The quantitative estimate of drug-likeness (QED) is 0.711. The molecular weight excluding hydrogens is 300 g/mol. The van der Waals surface area contributed by atoms with Gasteiger partial charge in [0.15, 0.2) is 0 Å². The van der Waals surface area contributed by atoms with E-state index < -0.39 is 22.2 Å². The zero-order valence-electron chi connectivity index (χ0n) is 11.9. The van der Waals surface area contributed by atoms with Gasteiger partial charge in [-0.25, -0.2) is 0 Å². The second-order valence-corrected chi connectivity index (χ2v) is 7.19. The number of carboxylic acids is 1. The number of esters is 1. The number of aliphatic carboxylic acids is 1. The Hall–Kier alpha value is -1.19. The average molecular weight is 320 g/mol. The molecule has 9 heteroatoms. The lowest BCUT2D eigenvalue weighted by Crippen LogP contribution is -2.51. The van der Waals surface area contributed by atoms with Crippen LogP contribution in [-0.2, 0) is 24.5 Å². The number of ether oxygens (including phenoxy) is 1. The van der Waals surface area contributed by atoms with Crippen LogP contribution in [0, 0.1) is 5.92 Å². The number of methoxy groups -OCH3 is 1. The number of piperidine rings is 1. The Balaban J connectivity index is 2.05. The van der Waals surface area contributed by atoms with Crippen molar-refractivity contribution in [1.82, 2.24) is 8.61 Å². The third-order valence-corrected chi connectivity index (χ3v) is 6.15. The van der Waals surface area contributed by atoms with Gasteiger partial charge in [0.2, 0.25) is 0 Å². The standard InChI is InChI=1S/C12H20N2O6S/c1-20-12(17)9-4-7-13(8-5-9)21(18,19)14-6-2-3-10(14)11(15)16/h9-10H,2-8H2,1H3,(H,15,16)/t10-/m1/s1. The lowest BCUT2D eigenvalue weighted by Gasteiger charge is -2.33. The predicted octanol–water partition coefficient (Wildman–Crippen LogP) is -0.335. The number of carbonyl (C=O) groups excluding carboxylic acids is 1. The van der Waals surface area contributed by atoms with E-state index in [9.17, 15) is 18.0 Å². The summed E-state index contributed by atoms with van der Waals surface area (Å²) in [5.74, 6) is -1.72. The van der Waals surface area contributed by atoms with Crippen LogP contribution in [0.1, 0.15) is 25.7 Å². The fraction of sp³-hybridized carbons (Fsp3) is 0.833. The highest BCUT2D eigenvalue weighted by Gasteiger charge is 2.43. The van der Waals surface area contributed by atoms with E-state index in [1.54, 1.807) is 0 Å². The molecule has 0 unspecified atom stereocenters. The van der Waals surface area contributed by atoms with Gasteiger partial charge in [0, 0.05) is 19.6 Å². The molecule has 0 bridgehead atoms. The molecule has 0 aromatic rings. The Morgan fingerprint density at radius 1 is 1.14 bits per heavy atom. The summed E-state index contributed by atoms with van der Waals surface area (Å²) >= 11 is 0. The van der Waals surface area contributed by atoms with Crippen LogP contribution in [0.3, 0.4) is 0 Å². The van der Waals surface area contributed by atoms with Gasteiger partial charge in [-0.1, -0.05) is 0 Å². The molecule has 2 aliphatic heterocycles. The molecule has 0 aromatic heterocycles. The molecule has 2 rings (SSSR count). The van der Waals surface area contributed by atoms with Crippen LogP contribution in [0.4, 0.5) is 0 Å². The van der Waals surface area contributed by atoms with Crippen LogP contribution in [0.25, 0.3) is 0 Å². The summed E-state index contributed by atoms with van der Waals surface area (Å²) < 4.78 is 32.0. The Morgan fingerprint density at radius 2 is 1.76 bits per heavy atom. The lowest BCUT2D eigenvalue weighted by atomic mass is 9.99. The maximum Gasteiger partial charge on any atom is 0.322 e. The number of rotatable bonds is 4. The summed E-state index contributed by atoms with van der Waals surface area (Å²) in [6.45, 7) is 0.659. The maximum absolute atomic E-state index is 12.5. The molecular formula is C12H20N2O6S. The molecule has 2 heterocycles. The Morgan fingerprint density at radius 3 is 2.29 bits per heavy atom. The van der Waals surface area contributed by atoms with Crippen molar-refractivity contribution in [2.45, 2.75) is 31.7 Å². The van der Waals surface area contributed by atoms with Crippen LogP contribution in [0.15, 0.2) is 0 Å². The number of hydrogen-bond acceptors (Lipinski definition) is 5. The minimum absolute atomic E-state index is 0.213. The molecule has 1 N–H and O–H groups in total. The molecule has 0 aromatic carbocycles. The smallest absolute Gasteiger partial charge is 0.322 e. The van der Waals surface area contributed by atoms with Crippen LogP contribution >= 0.6 is 0 Å². The van der Waals surface area contributed by atoms with E-state index in [0.717, 1.165) is 4.31 Å². The van der Waals surface area contributed by atoms with E-state index in [1.807, 2.05) is 0 Å². The first-order chi connectivity index (χ1) is 9.87. The predicted molar refractivity (Wildman–Crippen MR) is 72.6 cm³/mol. The zero-order chi connectivity index (χ0) is 15.6. The summed E-state index contributed by atoms with van der Waals surface area (Å²) in [6, 6.07) is -0.978. The highest BCUT2D eigenvalue weighted by Crippen LogP contribution is 2.27. The van der Waals surface area contributed by atoms with Gasteiger partial charge in [-0.3, -0.25) is 9.59 Å². The van der Waals surface area contributed by atoms with Crippen LogP contribution in [-0.4, -0.2) is 66.9 Å². The minimum Gasteiger partial charge on any atom is -0.480 e. The maximum atomic E-state index is 12.5. The second-order valence-electron chi connectivity index (χ2n) is 5.31. The first-order valence-electron chi connectivity index (χ1n) is 6.95. The Labute approximate surface area is 123 Å². The topological polar surface area (TPSA) is 104 Å². The van der Waals surface area contributed by atoms with E-state index in [2.05, 4.69) is 4.74 Å². The van der Waals surface area contributed by atoms with E-state index in [4.69, 9.17) is 5.11 Å². The summed E-state index contributed by atoms with van der Waals surface area (Å²) in [4.78, 5) is 22.6. The van der Waals surface area contributed by atoms with Crippen molar-refractivity contribution in [2.75, 3.05) is 26.7 Å². The summed E-state index contributed by atoms with van der Waals surface area (Å²) in [6.07, 6.45) is 1.69. The summed E-state index contributed by atoms with van der Waals surface area (Å²) in [7, 11) is -2.47. The van der Waals surface area contributed by atoms with Crippen LogP contribution in [0.5, 0.6) is 0 Å². The Kier molecular flexibility index (Phi) is 4.84. The molecule has 0 saturated carbocycles. The third kappa shape index (κ3) is 3.19. The molecule has 0 spiro atoms. The first-order valence-corrected chi connectivity index (χ1v) is 8.35. The molecule has 2 fully saturated rings. The molecule has 2 saturated heterocycles. The zero-order valence-corrected chi connectivity index (χ0v) is 12.7. The highest BCUT2D eigenvalue weighted by atomic mass is 32.2. The monoisotopic (exact) mass is 320 g/mol. The van der Waals surface area contributed by atoms with Crippen molar-refractivity contribution in [1.29, 1.82) is 0 Å². The Bertz CT molecular complexity index is 512. The molecule has 0 amide bonds. The van der Waals surface area contributed by atoms with Gasteiger partial charge in [0.25, 0.3) is 10.2 Å². The number of nitrogens with zero attached hydrogens (tertiary/aromatic N) is 2. The van der Waals surface area contributed by atoms with Gasteiger partial charge in [-0.2, -0.15) is 17.0 Å². The third-order valence-electron chi connectivity index (χ3n) is 4.10. The molecule has 2 aliphatic rings. The summed E-state index contributed by atoms with van der Waals surface area (Å²) in [5, 5.41) is 9.11. The van der Waals surface area contributed by atoms with E-state index >= 15 is 0 Å². The van der Waals surface area contributed by atoms with Crippen molar-refractivity contribution in [3.63, 3.8) is 0 Å². The van der Waals surface area contributed by atoms with Crippen molar-refractivity contribution >= 4 is 22.1 Å². The largest absolute Gasteiger partial charge is 0.480 e. The van der Waals surface area contributed by atoms with Crippen LogP contribution < -0.4 is 0 Å². The fourth-order valence-electron chi connectivity index (χ4n) is 2.90. The van der Waals surface area contributed by atoms with Crippen molar-refractivity contribution in [3.8, 4) is 0 Å². The van der Waals surface area contributed by atoms with Gasteiger partial charge in [0.1, 0.15) is 6.04 Å².